The minimum absolute atomic E-state index is 0.486. The highest BCUT2D eigenvalue weighted by Gasteiger charge is 2.32. The molecule has 2 rings (SSSR count). The lowest BCUT2D eigenvalue weighted by Crippen LogP contribution is -2.27. The zero-order chi connectivity index (χ0) is 13.3. The van der Waals surface area contributed by atoms with Gasteiger partial charge in [0, 0.05) is 25.6 Å². The van der Waals surface area contributed by atoms with Crippen LogP contribution in [0.15, 0.2) is 21.1 Å². The van der Waals surface area contributed by atoms with Gasteiger partial charge in [-0.25, -0.2) is 0 Å². The molecule has 1 aromatic carbocycles. The van der Waals surface area contributed by atoms with Crippen molar-refractivity contribution in [1.82, 2.24) is 0 Å². The minimum Gasteiger partial charge on any atom is -0.387 e. The molecule has 1 N–H and O–H groups in total. The van der Waals surface area contributed by atoms with Gasteiger partial charge in [-0.1, -0.05) is 54.2 Å². The Morgan fingerprint density at radius 3 is 2.56 bits per heavy atom. The van der Waals surface area contributed by atoms with E-state index in [1.807, 2.05) is 7.05 Å². The predicted octanol–water partition coefficient (Wildman–Crippen LogP) is 6.05. The summed E-state index contributed by atoms with van der Waals surface area (Å²) in [6.45, 7) is 0. The van der Waals surface area contributed by atoms with Crippen LogP contribution in [0.1, 0.15) is 30.7 Å². The molecule has 18 heavy (non-hydrogen) atoms. The molecule has 5 heteroatoms. The van der Waals surface area contributed by atoms with Gasteiger partial charge in [-0.2, -0.15) is 0 Å². The van der Waals surface area contributed by atoms with Crippen molar-refractivity contribution >= 4 is 69.4 Å². The van der Waals surface area contributed by atoms with Crippen LogP contribution in [0.25, 0.3) is 0 Å². The molecule has 0 bridgehead atoms. The first-order chi connectivity index (χ1) is 8.54. The Morgan fingerprint density at radius 1 is 1.17 bits per heavy atom. The number of alkyl halides is 2. The number of benzene rings is 1. The zero-order valence-electron chi connectivity index (χ0n) is 10.0. The van der Waals surface area contributed by atoms with Crippen LogP contribution >= 0.6 is 63.7 Å². The van der Waals surface area contributed by atoms with E-state index in [1.165, 1.54) is 30.5 Å². The lowest BCUT2D eigenvalue weighted by Gasteiger charge is -2.33. The average molecular weight is 505 g/mol. The molecule has 3 unspecified atom stereocenters. The molecule has 0 saturated heterocycles. The maximum absolute atomic E-state index is 3.86. The first-order valence-electron chi connectivity index (χ1n) is 5.99. The van der Waals surface area contributed by atoms with Crippen LogP contribution in [0.3, 0.4) is 0 Å². The topological polar surface area (TPSA) is 12.0 Å². The summed E-state index contributed by atoms with van der Waals surface area (Å²) in [6.07, 6.45) is 3.75. The van der Waals surface area contributed by atoms with Gasteiger partial charge in [0.15, 0.2) is 0 Å². The Hall–Kier alpha value is 0.940. The van der Waals surface area contributed by atoms with Crippen molar-refractivity contribution in [3.63, 3.8) is 0 Å². The van der Waals surface area contributed by atoms with Crippen LogP contribution < -0.4 is 5.32 Å². The Labute approximate surface area is 142 Å². The summed E-state index contributed by atoms with van der Waals surface area (Å²) >= 11 is 14.9. The standard InChI is InChI=1S/C13H15Br4N/c1-18-13-9(5-7(14)6-11(13)16)8-3-2-4-10(15)12(8)17/h5-6,8,10,12,18H,2-4H2,1H3. The molecule has 0 radical (unpaired) electrons. The van der Waals surface area contributed by atoms with Gasteiger partial charge in [0.1, 0.15) is 0 Å². The number of rotatable bonds is 2. The second-order valence-corrected chi connectivity index (χ2v) is 8.60. The Morgan fingerprint density at radius 2 is 1.89 bits per heavy atom. The first kappa shape index (κ1) is 15.3. The molecule has 1 aromatic rings. The fourth-order valence-electron chi connectivity index (χ4n) is 2.58. The van der Waals surface area contributed by atoms with Crippen molar-refractivity contribution in [3.05, 3.63) is 26.6 Å². The van der Waals surface area contributed by atoms with Crippen molar-refractivity contribution in [1.29, 1.82) is 0 Å². The van der Waals surface area contributed by atoms with Crippen LogP contribution in [-0.2, 0) is 0 Å². The van der Waals surface area contributed by atoms with E-state index in [2.05, 4.69) is 81.2 Å². The third kappa shape index (κ3) is 3.15. The third-order valence-corrected chi connectivity index (χ3v) is 7.56. The molecule has 1 nitrogen and oxygen atoms in total. The summed E-state index contributed by atoms with van der Waals surface area (Å²) < 4.78 is 2.24. The Balaban J connectivity index is 2.43. The third-order valence-electron chi connectivity index (χ3n) is 3.46. The quantitative estimate of drug-likeness (QED) is 0.484. The largest absolute Gasteiger partial charge is 0.387 e. The van der Waals surface area contributed by atoms with Gasteiger partial charge in [0.05, 0.1) is 5.69 Å². The maximum atomic E-state index is 3.86. The number of nitrogens with one attached hydrogen (secondary N) is 1. The monoisotopic (exact) mass is 501 g/mol. The van der Waals surface area contributed by atoms with E-state index in [1.54, 1.807) is 0 Å². The number of hydrogen-bond acceptors (Lipinski definition) is 1. The van der Waals surface area contributed by atoms with E-state index in [9.17, 15) is 0 Å². The van der Waals surface area contributed by atoms with Gasteiger partial charge in [-0.05, 0) is 52.4 Å². The van der Waals surface area contributed by atoms with Gasteiger partial charge in [0.2, 0.25) is 0 Å². The molecule has 1 aliphatic rings. The Bertz CT molecular complexity index is 435. The second-order valence-electron chi connectivity index (χ2n) is 4.60. The van der Waals surface area contributed by atoms with Crippen molar-refractivity contribution in [2.75, 3.05) is 12.4 Å². The first-order valence-corrected chi connectivity index (χ1v) is 9.41. The van der Waals surface area contributed by atoms with Crippen molar-refractivity contribution in [2.45, 2.75) is 34.8 Å². The molecular formula is C13H15Br4N. The fourth-order valence-corrected chi connectivity index (χ4v) is 5.54. The van der Waals surface area contributed by atoms with Gasteiger partial charge in [0.25, 0.3) is 0 Å². The molecule has 1 saturated carbocycles. The van der Waals surface area contributed by atoms with Crippen LogP contribution in [0, 0.1) is 0 Å². The highest BCUT2D eigenvalue weighted by molar-refractivity contribution is 9.12. The molecule has 0 amide bonds. The summed E-state index contributed by atoms with van der Waals surface area (Å²) in [6, 6.07) is 4.33. The molecule has 1 aliphatic carbocycles. The second kappa shape index (κ2) is 6.59. The highest BCUT2D eigenvalue weighted by Crippen LogP contribution is 2.45. The SMILES string of the molecule is CNc1c(Br)cc(Br)cc1C1CCCC(Br)C1Br. The van der Waals surface area contributed by atoms with Gasteiger partial charge in [-0.3, -0.25) is 0 Å². The van der Waals surface area contributed by atoms with E-state index < -0.39 is 0 Å². The van der Waals surface area contributed by atoms with Crippen LogP contribution in [-0.4, -0.2) is 16.7 Å². The van der Waals surface area contributed by atoms with Gasteiger partial charge >= 0.3 is 0 Å². The van der Waals surface area contributed by atoms with E-state index >= 15 is 0 Å². The molecule has 0 spiro atoms. The van der Waals surface area contributed by atoms with Gasteiger partial charge < -0.3 is 5.32 Å². The van der Waals surface area contributed by atoms with Crippen molar-refractivity contribution in [2.24, 2.45) is 0 Å². The van der Waals surface area contributed by atoms with Crippen LogP contribution in [0.4, 0.5) is 5.69 Å². The van der Waals surface area contributed by atoms with Crippen molar-refractivity contribution in [3.8, 4) is 0 Å². The van der Waals surface area contributed by atoms with Crippen LogP contribution in [0.2, 0.25) is 0 Å². The summed E-state index contributed by atoms with van der Waals surface area (Å²) in [4.78, 5) is 1.04. The number of anilines is 1. The summed E-state index contributed by atoms with van der Waals surface area (Å²) in [7, 11) is 1.98. The summed E-state index contributed by atoms with van der Waals surface area (Å²) in [5.41, 5.74) is 2.58. The zero-order valence-corrected chi connectivity index (χ0v) is 16.4. The molecule has 0 heterocycles. The predicted molar refractivity (Wildman–Crippen MR) is 93.4 cm³/mol. The van der Waals surface area contributed by atoms with E-state index in [-0.39, 0.29) is 0 Å². The maximum Gasteiger partial charge on any atom is 0.0518 e. The molecule has 0 aliphatic heterocycles. The van der Waals surface area contributed by atoms with E-state index in [0.717, 1.165) is 8.95 Å². The smallest absolute Gasteiger partial charge is 0.0518 e. The fraction of sp³-hybridized carbons (Fsp3) is 0.538. The normalized spacial score (nSPS) is 28.2. The van der Waals surface area contributed by atoms with Crippen molar-refractivity contribution < 1.29 is 0 Å². The number of hydrogen-bond donors (Lipinski definition) is 1. The average Bonchev–Trinajstić information content (AvgIpc) is 2.32. The van der Waals surface area contributed by atoms with E-state index in [4.69, 9.17) is 0 Å². The summed E-state index contributed by atoms with van der Waals surface area (Å²) in [5.74, 6) is 0.541. The molecule has 0 aromatic heterocycles. The number of halogens is 4. The molecule has 100 valence electrons. The highest BCUT2D eigenvalue weighted by atomic mass is 79.9. The molecule has 1 fully saturated rings. The summed E-state index contributed by atoms with van der Waals surface area (Å²) in [5, 5.41) is 3.32. The van der Waals surface area contributed by atoms with Gasteiger partial charge in [-0.15, -0.1) is 0 Å². The molecule has 3 atom stereocenters. The van der Waals surface area contributed by atoms with Crippen LogP contribution in [0.5, 0.6) is 0 Å². The van der Waals surface area contributed by atoms with E-state index in [0.29, 0.717) is 15.6 Å². The lowest BCUT2D eigenvalue weighted by molar-refractivity contribution is 0.476. The Kier molecular flexibility index (Phi) is 5.62. The minimum atomic E-state index is 0.486. The lowest BCUT2D eigenvalue weighted by atomic mass is 9.83. The molecular weight excluding hydrogens is 490 g/mol.